The summed E-state index contributed by atoms with van der Waals surface area (Å²) in [6.45, 7) is 2.73. The van der Waals surface area contributed by atoms with Gasteiger partial charge >= 0.3 is 5.97 Å². The molecule has 0 unspecified atom stereocenters. The first kappa shape index (κ1) is 16.6. The van der Waals surface area contributed by atoms with E-state index in [2.05, 4.69) is 0 Å². The number of halogens is 1. The van der Waals surface area contributed by atoms with E-state index in [4.69, 9.17) is 9.47 Å². The van der Waals surface area contributed by atoms with E-state index in [-0.39, 0.29) is 37.3 Å². The van der Waals surface area contributed by atoms with Crippen LogP contribution in [0.25, 0.3) is 0 Å². The van der Waals surface area contributed by atoms with Gasteiger partial charge in [-0.05, 0) is 0 Å². The lowest BCUT2D eigenvalue weighted by atomic mass is 10.1. The van der Waals surface area contributed by atoms with E-state index in [1.165, 1.54) is 0 Å². The van der Waals surface area contributed by atoms with Crippen LogP contribution in [0.3, 0.4) is 0 Å². The van der Waals surface area contributed by atoms with E-state index in [0.717, 1.165) is 13.1 Å². The highest BCUT2D eigenvalue weighted by Gasteiger charge is 2.16. The van der Waals surface area contributed by atoms with E-state index < -0.39 is 0 Å². The molecule has 1 heterocycles. The molecule has 1 saturated heterocycles. The van der Waals surface area contributed by atoms with Crippen molar-refractivity contribution in [1.82, 2.24) is 4.90 Å². The quantitative estimate of drug-likeness (QED) is 0.603. The minimum absolute atomic E-state index is 0. The van der Waals surface area contributed by atoms with Gasteiger partial charge in [0.15, 0.2) is 12.4 Å². The Hall–Kier alpha value is -1.43. The molecule has 1 fully saturated rings. The molecule has 0 bridgehead atoms. The van der Waals surface area contributed by atoms with Crippen LogP contribution in [0.1, 0.15) is 10.4 Å². The Morgan fingerprint density at radius 3 is 2.45 bits per heavy atom. The van der Waals surface area contributed by atoms with Gasteiger partial charge in [0.2, 0.25) is 0 Å². The molecule has 1 aromatic rings. The smallest absolute Gasteiger partial charge is 0.320 e. The molecule has 6 heteroatoms. The van der Waals surface area contributed by atoms with Crippen LogP contribution in [0.5, 0.6) is 0 Å². The van der Waals surface area contributed by atoms with Crippen molar-refractivity contribution in [1.29, 1.82) is 0 Å². The lowest BCUT2D eigenvalue weighted by molar-refractivity contribution is -0.144. The van der Waals surface area contributed by atoms with Crippen molar-refractivity contribution in [2.75, 3.05) is 39.5 Å². The van der Waals surface area contributed by atoms with Crippen molar-refractivity contribution in [3.8, 4) is 0 Å². The summed E-state index contributed by atoms with van der Waals surface area (Å²) in [6.07, 6.45) is 0. The topological polar surface area (TPSA) is 55.8 Å². The normalized spacial score (nSPS) is 15.2. The number of hydrogen-bond donors (Lipinski definition) is 0. The summed E-state index contributed by atoms with van der Waals surface area (Å²) in [5, 5.41) is 0. The van der Waals surface area contributed by atoms with Gasteiger partial charge in [-0.15, -0.1) is 12.4 Å². The Morgan fingerprint density at radius 2 is 1.80 bits per heavy atom. The zero-order chi connectivity index (χ0) is 13.5. The number of benzene rings is 1. The first-order chi connectivity index (χ1) is 9.25. The molecule has 0 spiro atoms. The lowest BCUT2D eigenvalue weighted by Gasteiger charge is -2.25. The van der Waals surface area contributed by atoms with Gasteiger partial charge in [-0.25, -0.2) is 0 Å². The molecule has 0 radical (unpaired) electrons. The van der Waals surface area contributed by atoms with Crippen molar-refractivity contribution in [2.45, 2.75) is 0 Å². The van der Waals surface area contributed by atoms with E-state index in [1.54, 1.807) is 24.3 Å². The molecular weight excluding hydrogens is 282 g/mol. The number of rotatable bonds is 5. The summed E-state index contributed by atoms with van der Waals surface area (Å²) in [5.41, 5.74) is 0.557. The fourth-order valence-corrected chi connectivity index (χ4v) is 1.84. The Kier molecular flexibility index (Phi) is 7.22. The minimum atomic E-state index is -0.369. The highest BCUT2D eigenvalue weighted by atomic mass is 35.5. The monoisotopic (exact) mass is 299 g/mol. The maximum absolute atomic E-state index is 11.7. The third kappa shape index (κ3) is 5.28. The number of ketones is 1. The molecule has 20 heavy (non-hydrogen) atoms. The number of carbonyl (C=O) groups excluding carboxylic acids is 2. The number of carbonyl (C=O) groups is 2. The van der Waals surface area contributed by atoms with Crippen LogP contribution >= 0.6 is 12.4 Å². The second kappa shape index (κ2) is 8.68. The average molecular weight is 300 g/mol. The number of esters is 1. The summed E-state index contributed by atoms with van der Waals surface area (Å²) < 4.78 is 10.2. The zero-order valence-corrected chi connectivity index (χ0v) is 11.9. The highest BCUT2D eigenvalue weighted by molar-refractivity contribution is 5.97. The summed E-state index contributed by atoms with van der Waals surface area (Å²) in [4.78, 5) is 25.3. The molecule has 0 aromatic heterocycles. The predicted octanol–water partition coefficient (Wildman–Crippen LogP) is 1.17. The van der Waals surface area contributed by atoms with Gasteiger partial charge in [0.1, 0.15) is 0 Å². The minimum Gasteiger partial charge on any atom is -0.456 e. The first-order valence-electron chi connectivity index (χ1n) is 6.29. The molecule has 0 atom stereocenters. The van der Waals surface area contributed by atoms with Crippen LogP contribution < -0.4 is 0 Å². The molecule has 110 valence electrons. The largest absolute Gasteiger partial charge is 0.456 e. The average Bonchev–Trinajstić information content (AvgIpc) is 2.47. The predicted molar refractivity (Wildman–Crippen MR) is 76.2 cm³/mol. The van der Waals surface area contributed by atoms with Crippen molar-refractivity contribution in [3.63, 3.8) is 0 Å². The molecule has 2 rings (SSSR count). The van der Waals surface area contributed by atoms with Gasteiger partial charge in [0.25, 0.3) is 0 Å². The fourth-order valence-electron chi connectivity index (χ4n) is 1.84. The molecule has 0 saturated carbocycles. The molecule has 0 N–H and O–H groups in total. The SMILES string of the molecule is Cl.O=C(CN1CCOCC1)OCC(=O)c1ccccc1. The summed E-state index contributed by atoms with van der Waals surface area (Å²) >= 11 is 0. The molecule has 1 aromatic carbocycles. The highest BCUT2D eigenvalue weighted by Crippen LogP contribution is 2.01. The third-order valence-electron chi connectivity index (χ3n) is 2.92. The third-order valence-corrected chi connectivity index (χ3v) is 2.92. The van der Waals surface area contributed by atoms with E-state index >= 15 is 0 Å². The van der Waals surface area contributed by atoms with Crippen molar-refractivity contribution >= 4 is 24.2 Å². The van der Waals surface area contributed by atoms with Gasteiger partial charge in [0.05, 0.1) is 19.8 Å². The van der Waals surface area contributed by atoms with Crippen LogP contribution in [0.4, 0.5) is 0 Å². The number of Topliss-reactive ketones (excluding diaryl/α,β-unsaturated/α-hetero) is 1. The Labute approximate surface area is 124 Å². The molecule has 0 amide bonds. The van der Waals surface area contributed by atoms with Gasteiger partial charge in [-0.2, -0.15) is 0 Å². The summed E-state index contributed by atoms with van der Waals surface area (Å²) in [7, 11) is 0. The van der Waals surface area contributed by atoms with Crippen LogP contribution in [-0.2, 0) is 14.3 Å². The van der Waals surface area contributed by atoms with Gasteiger partial charge in [-0.1, -0.05) is 30.3 Å². The van der Waals surface area contributed by atoms with Crippen molar-refractivity contribution in [3.05, 3.63) is 35.9 Å². The molecule has 1 aliphatic rings. The number of morpholine rings is 1. The summed E-state index contributed by atoms with van der Waals surface area (Å²) in [6, 6.07) is 8.81. The maximum Gasteiger partial charge on any atom is 0.320 e. The Balaban J connectivity index is 0.00000200. The van der Waals surface area contributed by atoms with Gasteiger partial charge < -0.3 is 9.47 Å². The van der Waals surface area contributed by atoms with Gasteiger partial charge in [0, 0.05) is 18.7 Å². The molecule has 0 aliphatic carbocycles. The number of ether oxygens (including phenoxy) is 2. The van der Waals surface area contributed by atoms with E-state index in [0.29, 0.717) is 18.8 Å². The van der Waals surface area contributed by atoms with E-state index in [9.17, 15) is 9.59 Å². The molecule has 1 aliphatic heterocycles. The summed E-state index contributed by atoms with van der Waals surface area (Å²) in [5.74, 6) is -0.554. The van der Waals surface area contributed by atoms with Crippen molar-refractivity contribution in [2.24, 2.45) is 0 Å². The van der Waals surface area contributed by atoms with Crippen molar-refractivity contribution < 1.29 is 19.1 Å². The number of hydrogen-bond acceptors (Lipinski definition) is 5. The maximum atomic E-state index is 11.7. The fraction of sp³-hybridized carbons (Fsp3) is 0.429. The standard InChI is InChI=1S/C14H17NO4.ClH/c16-13(12-4-2-1-3-5-12)11-19-14(17)10-15-6-8-18-9-7-15;/h1-5H,6-11H2;1H. The Bertz CT molecular complexity index is 432. The zero-order valence-electron chi connectivity index (χ0n) is 11.1. The Morgan fingerprint density at radius 1 is 1.15 bits per heavy atom. The van der Waals surface area contributed by atoms with Crippen LogP contribution in [0, 0.1) is 0 Å². The van der Waals surface area contributed by atoms with E-state index in [1.807, 2.05) is 11.0 Å². The van der Waals surface area contributed by atoms with Crippen LogP contribution in [0.15, 0.2) is 30.3 Å². The van der Waals surface area contributed by atoms with Gasteiger partial charge in [-0.3, -0.25) is 14.5 Å². The van der Waals surface area contributed by atoms with Crippen LogP contribution in [-0.4, -0.2) is 56.1 Å². The molecular formula is C14H18ClNO4. The molecule has 5 nitrogen and oxygen atoms in total. The second-order valence-electron chi connectivity index (χ2n) is 4.34. The first-order valence-corrected chi connectivity index (χ1v) is 6.29. The number of nitrogens with zero attached hydrogens (tertiary/aromatic N) is 1. The lowest BCUT2D eigenvalue weighted by Crippen LogP contribution is -2.40. The van der Waals surface area contributed by atoms with Crippen LogP contribution in [0.2, 0.25) is 0 Å². The second-order valence-corrected chi connectivity index (χ2v) is 4.34.